The van der Waals surface area contributed by atoms with E-state index in [9.17, 15) is 9.90 Å². The molecule has 0 amide bonds. The first-order chi connectivity index (χ1) is 10.2. The summed E-state index contributed by atoms with van der Waals surface area (Å²) in [5, 5.41) is 10.0. The highest BCUT2D eigenvalue weighted by atomic mass is 16.3. The summed E-state index contributed by atoms with van der Waals surface area (Å²) < 4.78 is 0. The third-order valence-electron chi connectivity index (χ3n) is 3.55. The van der Waals surface area contributed by atoms with E-state index in [1.165, 1.54) is 31.8 Å². The van der Waals surface area contributed by atoms with Gasteiger partial charge in [-0.05, 0) is 44.3 Å². The molecular formula is C19H28O2. The highest BCUT2D eigenvalue weighted by Crippen LogP contribution is 2.24. The van der Waals surface area contributed by atoms with Gasteiger partial charge in [0.05, 0.1) is 5.60 Å². The van der Waals surface area contributed by atoms with E-state index in [4.69, 9.17) is 0 Å². The van der Waals surface area contributed by atoms with E-state index in [0.717, 1.165) is 12.8 Å². The number of rotatable bonds is 10. The second-order valence-corrected chi connectivity index (χ2v) is 5.67. The van der Waals surface area contributed by atoms with Gasteiger partial charge in [-0.25, -0.2) is 0 Å². The quantitative estimate of drug-likeness (QED) is 0.468. The number of ketones is 1. The number of aliphatic hydroxyl groups is 1. The van der Waals surface area contributed by atoms with Crippen LogP contribution in [0.15, 0.2) is 48.6 Å². The van der Waals surface area contributed by atoms with Gasteiger partial charge < -0.3 is 5.11 Å². The van der Waals surface area contributed by atoms with Gasteiger partial charge in [0.1, 0.15) is 0 Å². The van der Waals surface area contributed by atoms with Crippen molar-refractivity contribution in [2.24, 2.45) is 0 Å². The van der Waals surface area contributed by atoms with Crippen molar-refractivity contribution in [1.82, 2.24) is 0 Å². The lowest BCUT2D eigenvalue weighted by molar-refractivity contribution is -0.116. The summed E-state index contributed by atoms with van der Waals surface area (Å²) in [6, 6.07) is 0. The zero-order valence-electron chi connectivity index (χ0n) is 13.1. The van der Waals surface area contributed by atoms with Crippen molar-refractivity contribution in [1.29, 1.82) is 0 Å². The molecule has 0 radical (unpaired) electrons. The van der Waals surface area contributed by atoms with Crippen LogP contribution in [0.5, 0.6) is 0 Å². The second kappa shape index (κ2) is 10.3. The molecule has 1 atom stereocenters. The topological polar surface area (TPSA) is 37.3 Å². The average Bonchev–Trinajstić information content (AvgIpc) is 2.80. The molecule has 2 heteroatoms. The number of carbonyl (C=O) groups is 1. The molecule has 1 aliphatic rings. The lowest BCUT2D eigenvalue weighted by Gasteiger charge is -2.16. The number of hydrogen-bond donors (Lipinski definition) is 1. The summed E-state index contributed by atoms with van der Waals surface area (Å²) >= 11 is 0. The highest BCUT2D eigenvalue weighted by Gasteiger charge is 2.29. The Labute approximate surface area is 128 Å². The molecule has 0 aliphatic heterocycles. The number of unbranched alkanes of at least 4 members (excludes halogenated alkanes) is 3. The van der Waals surface area contributed by atoms with Crippen molar-refractivity contribution >= 4 is 5.78 Å². The smallest absolute Gasteiger partial charge is 0.158 e. The van der Waals surface area contributed by atoms with Gasteiger partial charge in [0.2, 0.25) is 0 Å². The van der Waals surface area contributed by atoms with Gasteiger partial charge in [-0.3, -0.25) is 4.79 Å². The van der Waals surface area contributed by atoms with Gasteiger partial charge in [0.15, 0.2) is 5.78 Å². The zero-order valence-corrected chi connectivity index (χ0v) is 13.1. The summed E-state index contributed by atoms with van der Waals surface area (Å²) in [7, 11) is 0. The first kappa shape index (κ1) is 17.6. The molecule has 0 saturated heterocycles. The fourth-order valence-electron chi connectivity index (χ4n) is 2.27. The van der Waals surface area contributed by atoms with Gasteiger partial charge in [0, 0.05) is 6.42 Å². The van der Waals surface area contributed by atoms with Crippen molar-refractivity contribution in [3.63, 3.8) is 0 Å². The van der Waals surface area contributed by atoms with Crippen LogP contribution in [0.25, 0.3) is 0 Å². The predicted octanol–water partition coefficient (Wildman–Crippen LogP) is 4.67. The van der Waals surface area contributed by atoms with Gasteiger partial charge >= 0.3 is 0 Å². The average molecular weight is 288 g/mol. The van der Waals surface area contributed by atoms with Gasteiger partial charge in [-0.15, -0.1) is 0 Å². The molecule has 0 spiro atoms. The van der Waals surface area contributed by atoms with Crippen molar-refractivity contribution in [2.45, 2.75) is 63.9 Å². The van der Waals surface area contributed by atoms with Crippen LogP contribution >= 0.6 is 0 Å². The van der Waals surface area contributed by atoms with Crippen LogP contribution in [-0.2, 0) is 4.79 Å². The first-order valence-electron chi connectivity index (χ1n) is 8.06. The third kappa shape index (κ3) is 8.46. The van der Waals surface area contributed by atoms with Crippen molar-refractivity contribution in [2.75, 3.05) is 0 Å². The first-order valence-corrected chi connectivity index (χ1v) is 8.06. The summed E-state index contributed by atoms with van der Waals surface area (Å²) in [5.41, 5.74) is -0.946. The molecule has 1 aliphatic carbocycles. The molecule has 0 heterocycles. The predicted molar refractivity (Wildman–Crippen MR) is 89.1 cm³/mol. The Morgan fingerprint density at radius 3 is 2.38 bits per heavy atom. The SMILES string of the molecule is CCCCC/C=C\C/C=C\C/C=C\C[C@@]1(O)C=CC(=O)C1. The van der Waals surface area contributed by atoms with E-state index < -0.39 is 5.60 Å². The van der Waals surface area contributed by atoms with Crippen molar-refractivity contribution in [3.8, 4) is 0 Å². The molecule has 1 rings (SSSR count). The van der Waals surface area contributed by atoms with Crippen LogP contribution in [-0.4, -0.2) is 16.5 Å². The largest absolute Gasteiger partial charge is 0.385 e. The normalized spacial score (nSPS) is 22.5. The van der Waals surface area contributed by atoms with Gasteiger partial charge in [-0.2, -0.15) is 0 Å². The Kier molecular flexibility index (Phi) is 8.68. The molecule has 116 valence electrons. The molecule has 2 nitrogen and oxygen atoms in total. The standard InChI is InChI=1S/C19H28O2/c1-2-3-4-5-6-7-8-9-10-11-12-13-15-19(21)16-14-18(20)17-19/h6-7,9-10,12-14,16,21H,2-5,8,11,15,17H2,1H3/b7-6-,10-9-,13-12-/t19-/m1/s1. The Morgan fingerprint density at radius 1 is 1.10 bits per heavy atom. The maximum absolute atomic E-state index is 11.1. The van der Waals surface area contributed by atoms with E-state index in [2.05, 4.69) is 31.2 Å². The lowest BCUT2D eigenvalue weighted by Crippen LogP contribution is -2.23. The minimum atomic E-state index is -0.946. The van der Waals surface area contributed by atoms with Crippen LogP contribution in [0.2, 0.25) is 0 Å². The monoisotopic (exact) mass is 288 g/mol. The van der Waals surface area contributed by atoms with Crippen LogP contribution < -0.4 is 0 Å². The fraction of sp³-hybridized carbons (Fsp3) is 0.526. The summed E-state index contributed by atoms with van der Waals surface area (Å²) in [5.74, 6) is 0.0107. The second-order valence-electron chi connectivity index (χ2n) is 5.67. The molecule has 21 heavy (non-hydrogen) atoms. The fourth-order valence-corrected chi connectivity index (χ4v) is 2.27. The molecule has 0 aromatic carbocycles. The minimum Gasteiger partial charge on any atom is -0.385 e. The van der Waals surface area contributed by atoms with Crippen LogP contribution in [0.1, 0.15) is 58.3 Å². The van der Waals surface area contributed by atoms with E-state index in [-0.39, 0.29) is 12.2 Å². The van der Waals surface area contributed by atoms with Gasteiger partial charge in [0.25, 0.3) is 0 Å². The lowest BCUT2D eigenvalue weighted by atomic mass is 9.99. The molecule has 0 unspecified atom stereocenters. The molecule has 0 aromatic heterocycles. The molecular weight excluding hydrogens is 260 g/mol. The third-order valence-corrected chi connectivity index (χ3v) is 3.55. The van der Waals surface area contributed by atoms with Gasteiger partial charge in [-0.1, -0.05) is 56.2 Å². The number of allylic oxidation sites excluding steroid dienone is 6. The maximum atomic E-state index is 11.1. The van der Waals surface area contributed by atoms with E-state index in [1.54, 1.807) is 6.08 Å². The molecule has 0 bridgehead atoms. The Hall–Kier alpha value is -1.41. The Balaban J connectivity index is 2.05. The highest BCUT2D eigenvalue weighted by molar-refractivity contribution is 5.93. The molecule has 0 aromatic rings. The van der Waals surface area contributed by atoms with Crippen LogP contribution in [0, 0.1) is 0 Å². The molecule has 0 saturated carbocycles. The summed E-state index contributed by atoms with van der Waals surface area (Å²) in [6.07, 6.45) is 23.5. The minimum absolute atomic E-state index is 0.0107. The van der Waals surface area contributed by atoms with E-state index in [1.807, 2.05) is 12.2 Å². The Bertz CT molecular complexity index is 415. The van der Waals surface area contributed by atoms with Crippen LogP contribution in [0.4, 0.5) is 0 Å². The Morgan fingerprint density at radius 2 is 1.76 bits per heavy atom. The zero-order chi connectivity index (χ0) is 15.4. The summed E-state index contributed by atoms with van der Waals surface area (Å²) in [4.78, 5) is 11.1. The number of carbonyl (C=O) groups excluding carboxylic acids is 1. The summed E-state index contributed by atoms with van der Waals surface area (Å²) in [6.45, 7) is 2.22. The van der Waals surface area contributed by atoms with Crippen molar-refractivity contribution in [3.05, 3.63) is 48.6 Å². The van der Waals surface area contributed by atoms with Crippen LogP contribution in [0.3, 0.4) is 0 Å². The maximum Gasteiger partial charge on any atom is 0.158 e. The van der Waals surface area contributed by atoms with E-state index >= 15 is 0 Å². The van der Waals surface area contributed by atoms with Crippen molar-refractivity contribution < 1.29 is 9.90 Å². The number of hydrogen-bond acceptors (Lipinski definition) is 2. The van der Waals surface area contributed by atoms with E-state index in [0.29, 0.717) is 6.42 Å². The molecule has 1 N–H and O–H groups in total. The molecule has 0 fully saturated rings.